The lowest BCUT2D eigenvalue weighted by molar-refractivity contribution is 0.331. The first-order valence-electron chi connectivity index (χ1n) is 4.65. The van der Waals surface area contributed by atoms with Crippen molar-refractivity contribution in [1.82, 2.24) is 4.48 Å². The van der Waals surface area contributed by atoms with E-state index in [0.717, 1.165) is 15.9 Å². The number of nitrogens with zero attached hydrogens (tertiary/aromatic N) is 1. The van der Waals surface area contributed by atoms with Gasteiger partial charge in [0, 0.05) is 6.07 Å². The maximum atomic E-state index is 5.59. The van der Waals surface area contributed by atoms with Gasteiger partial charge in [0.1, 0.15) is 6.61 Å². The first kappa shape index (κ1) is 11.3. The highest BCUT2D eigenvalue weighted by molar-refractivity contribution is 6.18. The molecule has 0 saturated carbocycles. The van der Waals surface area contributed by atoms with E-state index in [1.54, 1.807) is 0 Å². The van der Waals surface area contributed by atoms with Crippen LogP contribution in [0, 0.1) is 0 Å². The average Bonchev–Trinajstić information content (AvgIpc) is 2.14. The van der Waals surface area contributed by atoms with E-state index in [1.165, 1.54) is 0 Å². The third kappa shape index (κ3) is 2.89. The molecule has 14 heavy (non-hydrogen) atoms. The number of benzene rings is 1. The molecule has 1 aromatic rings. The van der Waals surface area contributed by atoms with Crippen molar-refractivity contribution in [2.24, 2.45) is 0 Å². The Kier molecular flexibility index (Phi) is 3.78. The number of hydrogen-bond acceptors (Lipinski definition) is 1. The Balaban J connectivity index is 2.92. The van der Waals surface area contributed by atoms with E-state index in [-0.39, 0.29) is 0 Å². The summed E-state index contributed by atoms with van der Waals surface area (Å²) in [6, 6.07) is 8.05. The normalized spacial score (nSPS) is 11.4. The van der Waals surface area contributed by atoms with E-state index < -0.39 is 0 Å². The fourth-order valence-corrected chi connectivity index (χ4v) is 1.36. The molecule has 0 amide bonds. The van der Waals surface area contributed by atoms with Crippen molar-refractivity contribution >= 4 is 17.3 Å². The number of quaternary nitrogens is 1. The average molecular weight is 215 g/mol. The molecule has 0 saturated heterocycles. The minimum Gasteiger partial charge on any atom is -0.486 e. The summed E-state index contributed by atoms with van der Waals surface area (Å²) in [5.41, 5.74) is 1.16. The SMILES string of the molecule is C[N+](C)(C)c1ccccc1OCCCl. The molecule has 0 unspecified atom stereocenters. The van der Waals surface area contributed by atoms with Crippen LogP contribution in [0.5, 0.6) is 5.75 Å². The van der Waals surface area contributed by atoms with Gasteiger partial charge in [-0.1, -0.05) is 12.1 Å². The molecule has 1 aromatic carbocycles. The Labute approximate surface area is 90.6 Å². The van der Waals surface area contributed by atoms with Crippen LogP contribution in [0.3, 0.4) is 0 Å². The van der Waals surface area contributed by atoms with E-state index in [1.807, 2.05) is 18.2 Å². The minimum atomic E-state index is 0.519. The summed E-state index contributed by atoms with van der Waals surface area (Å²) < 4.78 is 6.31. The van der Waals surface area contributed by atoms with Gasteiger partial charge in [-0.15, -0.1) is 11.6 Å². The molecule has 1 rings (SSSR count). The van der Waals surface area contributed by atoms with E-state index >= 15 is 0 Å². The summed E-state index contributed by atoms with van der Waals surface area (Å²) in [5, 5.41) is 0. The molecular weight excluding hydrogens is 198 g/mol. The summed E-state index contributed by atoms with van der Waals surface area (Å²) in [7, 11) is 6.34. The number of para-hydroxylation sites is 2. The topological polar surface area (TPSA) is 9.23 Å². The summed E-state index contributed by atoms with van der Waals surface area (Å²) in [4.78, 5) is 0. The fraction of sp³-hybridized carbons (Fsp3) is 0.455. The maximum Gasteiger partial charge on any atom is 0.180 e. The van der Waals surface area contributed by atoms with Crippen molar-refractivity contribution in [3.63, 3.8) is 0 Å². The highest BCUT2D eigenvalue weighted by Gasteiger charge is 2.17. The third-order valence-electron chi connectivity index (χ3n) is 1.92. The molecule has 0 fully saturated rings. The molecule has 78 valence electrons. The Morgan fingerprint density at radius 3 is 2.43 bits per heavy atom. The zero-order valence-electron chi connectivity index (χ0n) is 8.96. The van der Waals surface area contributed by atoms with Crippen LogP contribution in [-0.4, -0.2) is 33.6 Å². The van der Waals surface area contributed by atoms with Gasteiger partial charge in [-0.2, -0.15) is 0 Å². The molecular formula is C11H17ClNO+. The van der Waals surface area contributed by atoms with E-state index in [4.69, 9.17) is 16.3 Å². The zero-order valence-corrected chi connectivity index (χ0v) is 9.71. The second-order valence-electron chi connectivity index (χ2n) is 4.02. The van der Waals surface area contributed by atoms with Gasteiger partial charge in [0.25, 0.3) is 0 Å². The lowest BCUT2D eigenvalue weighted by Gasteiger charge is -2.25. The number of rotatable bonds is 4. The van der Waals surface area contributed by atoms with Crippen LogP contribution >= 0.6 is 11.6 Å². The van der Waals surface area contributed by atoms with Gasteiger partial charge < -0.3 is 4.74 Å². The van der Waals surface area contributed by atoms with Crippen LogP contribution in [0.15, 0.2) is 24.3 Å². The predicted octanol–water partition coefficient (Wildman–Crippen LogP) is 2.50. The van der Waals surface area contributed by atoms with Gasteiger partial charge in [0.15, 0.2) is 11.4 Å². The molecule has 0 aromatic heterocycles. The largest absolute Gasteiger partial charge is 0.486 e. The van der Waals surface area contributed by atoms with Crippen molar-refractivity contribution < 1.29 is 4.74 Å². The van der Waals surface area contributed by atoms with Crippen molar-refractivity contribution in [3.05, 3.63) is 24.3 Å². The lowest BCUT2D eigenvalue weighted by Crippen LogP contribution is -2.35. The quantitative estimate of drug-likeness (QED) is 0.553. The van der Waals surface area contributed by atoms with Gasteiger partial charge in [-0.05, 0) is 6.07 Å². The van der Waals surface area contributed by atoms with Gasteiger partial charge >= 0.3 is 0 Å². The summed E-state index contributed by atoms with van der Waals surface area (Å²) in [6.45, 7) is 0.554. The number of halogens is 1. The fourth-order valence-electron chi connectivity index (χ4n) is 1.28. The van der Waals surface area contributed by atoms with Crippen LogP contribution in [0.2, 0.25) is 0 Å². The smallest absolute Gasteiger partial charge is 0.180 e. The first-order chi connectivity index (χ1) is 6.55. The van der Waals surface area contributed by atoms with Crippen LogP contribution in [-0.2, 0) is 0 Å². The van der Waals surface area contributed by atoms with Gasteiger partial charge in [0.05, 0.1) is 27.0 Å². The Bertz CT molecular complexity index is 294. The molecule has 0 aliphatic heterocycles. The molecule has 0 bridgehead atoms. The maximum absolute atomic E-state index is 5.59. The number of ether oxygens (including phenoxy) is 1. The number of hydrogen-bond donors (Lipinski definition) is 0. The molecule has 3 heteroatoms. The van der Waals surface area contributed by atoms with Crippen LogP contribution < -0.4 is 9.22 Å². The molecule has 0 spiro atoms. The highest BCUT2D eigenvalue weighted by atomic mass is 35.5. The van der Waals surface area contributed by atoms with Gasteiger partial charge in [-0.3, -0.25) is 4.48 Å². The summed E-state index contributed by atoms with van der Waals surface area (Å²) in [6.07, 6.45) is 0. The number of alkyl halides is 1. The second kappa shape index (κ2) is 4.67. The van der Waals surface area contributed by atoms with Crippen molar-refractivity contribution in [2.75, 3.05) is 33.6 Å². The van der Waals surface area contributed by atoms with Crippen LogP contribution in [0.4, 0.5) is 5.69 Å². The Morgan fingerprint density at radius 2 is 1.86 bits per heavy atom. The van der Waals surface area contributed by atoms with Crippen molar-refractivity contribution in [3.8, 4) is 5.75 Å². The molecule has 0 aliphatic carbocycles. The molecule has 0 heterocycles. The standard InChI is InChI=1S/C11H17ClNO/c1-13(2,3)10-6-4-5-7-11(10)14-9-8-12/h4-7H,8-9H2,1-3H3/q+1. The molecule has 2 nitrogen and oxygen atoms in total. The Hall–Kier alpha value is -0.730. The van der Waals surface area contributed by atoms with E-state index in [9.17, 15) is 0 Å². The third-order valence-corrected chi connectivity index (χ3v) is 2.08. The van der Waals surface area contributed by atoms with Crippen LogP contribution in [0.1, 0.15) is 0 Å². The monoisotopic (exact) mass is 214 g/mol. The summed E-state index contributed by atoms with van der Waals surface area (Å²) >= 11 is 5.59. The van der Waals surface area contributed by atoms with Gasteiger partial charge in [0.2, 0.25) is 0 Å². The van der Waals surface area contributed by atoms with E-state index in [2.05, 4.69) is 27.2 Å². The molecule has 0 N–H and O–H groups in total. The molecule has 0 atom stereocenters. The zero-order chi connectivity index (χ0) is 10.6. The summed E-state index contributed by atoms with van der Waals surface area (Å²) in [5.74, 6) is 1.44. The first-order valence-corrected chi connectivity index (χ1v) is 5.19. The predicted molar refractivity (Wildman–Crippen MR) is 62.2 cm³/mol. The lowest BCUT2D eigenvalue weighted by atomic mass is 10.2. The Morgan fingerprint density at radius 1 is 1.21 bits per heavy atom. The van der Waals surface area contributed by atoms with Crippen molar-refractivity contribution in [2.45, 2.75) is 0 Å². The molecule has 0 aliphatic rings. The van der Waals surface area contributed by atoms with Gasteiger partial charge in [-0.25, -0.2) is 0 Å². The highest BCUT2D eigenvalue weighted by Crippen LogP contribution is 2.29. The van der Waals surface area contributed by atoms with Crippen molar-refractivity contribution in [1.29, 1.82) is 0 Å². The van der Waals surface area contributed by atoms with Crippen LogP contribution in [0.25, 0.3) is 0 Å². The second-order valence-corrected chi connectivity index (χ2v) is 4.40. The molecule has 0 radical (unpaired) electrons. The van der Waals surface area contributed by atoms with E-state index in [0.29, 0.717) is 12.5 Å². The minimum absolute atomic E-state index is 0.519.